The van der Waals surface area contributed by atoms with E-state index in [1.165, 1.54) is 5.56 Å². The van der Waals surface area contributed by atoms with E-state index in [4.69, 9.17) is 0 Å². The third-order valence-electron chi connectivity index (χ3n) is 4.52. The van der Waals surface area contributed by atoms with Crippen molar-refractivity contribution in [3.05, 3.63) is 59.9 Å². The molecule has 0 saturated carbocycles. The highest BCUT2D eigenvalue weighted by molar-refractivity contribution is 14.0. The number of benzene rings is 1. The van der Waals surface area contributed by atoms with Crippen LogP contribution in [0.15, 0.2) is 53.7 Å². The van der Waals surface area contributed by atoms with Gasteiger partial charge in [0.25, 0.3) is 0 Å². The van der Waals surface area contributed by atoms with Gasteiger partial charge >= 0.3 is 0 Å². The highest BCUT2D eigenvalue weighted by Crippen LogP contribution is 2.27. The van der Waals surface area contributed by atoms with E-state index >= 15 is 0 Å². The summed E-state index contributed by atoms with van der Waals surface area (Å²) >= 11 is 0. The molecule has 0 fully saturated rings. The number of rotatable bonds is 7. The summed E-state index contributed by atoms with van der Waals surface area (Å²) < 4.78 is 0. The number of hydrogen-bond acceptors (Lipinski definition) is 3. The molecule has 0 aliphatic carbocycles. The van der Waals surface area contributed by atoms with Gasteiger partial charge in [0.15, 0.2) is 5.96 Å². The number of aliphatic imine (C=N–C) groups is 1. The van der Waals surface area contributed by atoms with Gasteiger partial charge in [-0.2, -0.15) is 0 Å². The monoisotopic (exact) mass is 493 g/mol. The minimum Gasteiger partial charge on any atom is -0.357 e. The number of carbonyl (C=O) groups is 1. The maximum atomic E-state index is 12.5. The quantitative estimate of drug-likeness (QED) is 0.269. The Hall–Kier alpha value is -2.16. The van der Waals surface area contributed by atoms with Gasteiger partial charge in [0.05, 0.1) is 12.2 Å². The van der Waals surface area contributed by atoms with E-state index in [0.717, 1.165) is 43.3 Å². The molecule has 1 aliphatic rings. The fourth-order valence-electron chi connectivity index (χ4n) is 3.17. The minimum atomic E-state index is 0. The first-order valence-corrected chi connectivity index (χ1v) is 9.58. The molecule has 0 bridgehead atoms. The summed E-state index contributed by atoms with van der Waals surface area (Å²) in [5, 5.41) is 6.52. The molecule has 1 aromatic heterocycles. The van der Waals surface area contributed by atoms with E-state index < -0.39 is 0 Å². The van der Waals surface area contributed by atoms with Crippen molar-refractivity contribution in [2.45, 2.75) is 32.7 Å². The van der Waals surface area contributed by atoms with E-state index in [9.17, 15) is 4.79 Å². The molecule has 150 valence electrons. The topological polar surface area (TPSA) is 69.6 Å². The molecule has 7 heteroatoms. The Balaban J connectivity index is 0.00000280. The molecule has 0 unspecified atom stereocenters. The number of guanidine groups is 1. The van der Waals surface area contributed by atoms with Crippen LogP contribution in [0.5, 0.6) is 0 Å². The summed E-state index contributed by atoms with van der Waals surface area (Å²) in [5.74, 6) is 0.944. The van der Waals surface area contributed by atoms with Crippen molar-refractivity contribution in [3.8, 4) is 0 Å². The molecular formula is C21H28IN5O. The molecule has 1 aromatic carbocycles. The zero-order valence-electron chi connectivity index (χ0n) is 16.2. The second-order valence-electron chi connectivity index (χ2n) is 6.47. The first-order chi connectivity index (χ1) is 13.3. The summed E-state index contributed by atoms with van der Waals surface area (Å²) in [6.45, 7) is 4.85. The largest absolute Gasteiger partial charge is 0.357 e. The lowest BCUT2D eigenvalue weighted by molar-refractivity contribution is -0.118. The highest BCUT2D eigenvalue weighted by Gasteiger charge is 2.23. The van der Waals surface area contributed by atoms with Gasteiger partial charge in [0.1, 0.15) is 0 Å². The van der Waals surface area contributed by atoms with E-state index in [0.29, 0.717) is 19.5 Å². The Labute approximate surface area is 183 Å². The van der Waals surface area contributed by atoms with Crippen molar-refractivity contribution in [2.24, 2.45) is 4.99 Å². The van der Waals surface area contributed by atoms with Crippen LogP contribution in [0, 0.1) is 0 Å². The number of para-hydroxylation sites is 1. The van der Waals surface area contributed by atoms with Crippen molar-refractivity contribution in [3.63, 3.8) is 0 Å². The fraction of sp³-hybridized carbons (Fsp3) is 0.381. The summed E-state index contributed by atoms with van der Waals surface area (Å²) in [4.78, 5) is 23.3. The molecule has 0 saturated heterocycles. The second-order valence-corrected chi connectivity index (χ2v) is 6.47. The smallest absolute Gasteiger partial charge is 0.227 e. The fourth-order valence-corrected chi connectivity index (χ4v) is 3.17. The molecule has 28 heavy (non-hydrogen) atoms. The number of amides is 1. The molecule has 0 spiro atoms. The third kappa shape index (κ3) is 6.19. The average Bonchev–Trinajstić information content (AvgIpc) is 3.14. The van der Waals surface area contributed by atoms with Gasteiger partial charge in [-0.25, -0.2) is 4.99 Å². The standard InChI is InChI=1S/C21H27N5O.HI/c1-2-22-21(25-16-18-9-5-6-13-23-18)24-14-7-11-20(27)26-15-12-17-8-3-4-10-19(17)26;/h3-6,8-10,13H,2,7,11-12,14-16H2,1H3,(H2,22,24,25);1H. The lowest BCUT2D eigenvalue weighted by atomic mass is 10.2. The molecule has 0 atom stereocenters. The molecule has 1 aliphatic heterocycles. The number of anilines is 1. The Kier molecular flexibility index (Phi) is 9.19. The van der Waals surface area contributed by atoms with Crippen molar-refractivity contribution >= 4 is 41.5 Å². The molecule has 2 heterocycles. The normalized spacial score (nSPS) is 12.9. The zero-order valence-corrected chi connectivity index (χ0v) is 18.6. The number of fused-ring (bicyclic) bond motifs is 1. The summed E-state index contributed by atoms with van der Waals surface area (Å²) in [5.41, 5.74) is 3.26. The van der Waals surface area contributed by atoms with E-state index in [-0.39, 0.29) is 29.9 Å². The van der Waals surface area contributed by atoms with Crippen LogP contribution in [-0.4, -0.2) is 36.5 Å². The Morgan fingerprint density at radius 3 is 2.79 bits per heavy atom. The maximum absolute atomic E-state index is 12.5. The van der Waals surface area contributed by atoms with Crippen molar-refractivity contribution in [2.75, 3.05) is 24.5 Å². The third-order valence-corrected chi connectivity index (χ3v) is 4.52. The van der Waals surface area contributed by atoms with Crippen molar-refractivity contribution < 1.29 is 4.79 Å². The molecular weight excluding hydrogens is 465 g/mol. The summed E-state index contributed by atoms with van der Waals surface area (Å²) in [6, 6.07) is 14.0. The first kappa shape index (κ1) is 22.1. The van der Waals surface area contributed by atoms with E-state index in [1.807, 2.05) is 48.2 Å². The Morgan fingerprint density at radius 1 is 1.18 bits per heavy atom. The van der Waals surface area contributed by atoms with Gasteiger partial charge in [0.2, 0.25) is 5.91 Å². The summed E-state index contributed by atoms with van der Waals surface area (Å²) in [6.07, 6.45) is 4.02. The van der Waals surface area contributed by atoms with Crippen molar-refractivity contribution in [1.29, 1.82) is 0 Å². The number of nitrogens with one attached hydrogen (secondary N) is 2. The van der Waals surface area contributed by atoms with Crippen LogP contribution in [0.1, 0.15) is 31.0 Å². The maximum Gasteiger partial charge on any atom is 0.227 e. The molecule has 3 rings (SSSR count). The van der Waals surface area contributed by atoms with Crippen molar-refractivity contribution in [1.82, 2.24) is 15.6 Å². The predicted octanol–water partition coefficient (Wildman–Crippen LogP) is 3.12. The van der Waals surface area contributed by atoms with Gasteiger partial charge in [-0.1, -0.05) is 24.3 Å². The average molecular weight is 493 g/mol. The van der Waals surface area contributed by atoms with Crippen LogP contribution in [-0.2, 0) is 17.8 Å². The van der Waals surface area contributed by atoms with Crippen LogP contribution in [0.2, 0.25) is 0 Å². The van der Waals surface area contributed by atoms with Crippen LogP contribution in [0.4, 0.5) is 5.69 Å². The van der Waals surface area contributed by atoms with E-state index in [1.54, 1.807) is 6.20 Å². The van der Waals surface area contributed by atoms with Crippen LogP contribution >= 0.6 is 24.0 Å². The molecule has 2 aromatic rings. The zero-order chi connectivity index (χ0) is 18.9. The number of aromatic nitrogens is 1. The second kappa shape index (κ2) is 11.6. The van der Waals surface area contributed by atoms with Gasteiger partial charge in [0, 0.05) is 37.9 Å². The lowest BCUT2D eigenvalue weighted by Gasteiger charge is -2.17. The van der Waals surface area contributed by atoms with Gasteiger partial charge in [-0.15, -0.1) is 24.0 Å². The van der Waals surface area contributed by atoms with Gasteiger partial charge < -0.3 is 15.5 Å². The van der Waals surface area contributed by atoms with E-state index in [2.05, 4.69) is 26.7 Å². The number of nitrogens with zero attached hydrogens (tertiary/aromatic N) is 3. The van der Waals surface area contributed by atoms with Crippen LogP contribution in [0.3, 0.4) is 0 Å². The molecule has 0 radical (unpaired) electrons. The molecule has 6 nitrogen and oxygen atoms in total. The number of hydrogen-bond donors (Lipinski definition) is 2. The highest BCUT2D eigenvalue weighted by atomic mass is 127. The number of pyridine rings is 1. The molecule has 1 amide bonds. The number of halogens is 1. The lowest BCUT2D eigenvalue weighted by Crippen LogP contribution is -2.38. The first-order valence-electron chi connectivity index (χ1n) is 9.58. The van der Waals surface area contributed by atoms with Gasteiger partial charge in [-0.3, -0.25) is 9.78 Å². The van der Waals surface area contributed by atoms with Gasteiger partial charge in [-0.05, 0) is 43.5 Å². The minimum absolute atomic E-state index is 0. The number of carbonyl (C=O) groups excluding carboxylic acids is 1. The van der Waals surface area contributed by atoms with Crippen LogP contribution in [0.25, 0.3) is 0 Å². The molecule has 2 N–H and O–H groups in total. The Morgan fingerprint density at radius 2 is 2.00 bits per heavy atom. The Bertz CT molecular complexity index is 781. The summed E-state index contributed by atoms with van der Waals surface area (Å²) in [7, 11) is 0. The predicted molar refractivity (Wildman–Crippen MR) is 124 cm³/mol. The van der Waals surface area contributed by atoms with Crippen LogP contribution < -0.4 is 15.5 Å². The SMILES string of the molecule is CCNC(=NCc1ccccn1)NCCCC(=O)N1CCc2ccccc21.I.